The van der Waals surface area contributed by atoms with Crippen molar-refractivity contribution in [2.45, 2.75) is 6.92 Å². The molecule has 1 amide bonds. The maximum absolute atomic E-state index is 11.9. The lowest BCUT2D eigenvalue weighted by Crippen LogP contribution is -2.35. The van der Waals surface area contributed by atoms with E-state index in [0.717, 1.165) is 0 Å². The Hall–Kier alpha value is -1.26. The fourth-order valence-corrected chi connectivity index (χ4v) is 1.75. The van der Waals surface area contributed by atoms with Crippen molar-refractivity contribution < 1.29 is 14.3 Å². The number of anilines is 1. The molecule has 1 aromatic carbocycles. The monoisotopic (exact) mass is 271 g/mol. The van der Waals surface area contributed by atoms with E-state index in [1.54, 1.807) is 12.0 Å². The number of ether oxygens (including phenoxy) is 2. The average Bonchev–Trinajstić information content (AvgIpc) is 2.43. The highest BCUT2D eigenvalue weighted by atomic mass is 35.5. The van der Waals surface area contributed by atoms with Gasteiger partial charge in [-0.2, -0.15) is 0 Å². The predicted octanol–water partition coefficient (Wildman–Crippen LogP) is 2.30. The summed E-state index contributed by atoms with van der Waals surface area (Å²) in [7, 11) is 1.57. The van der Waals surface area contributed by atoms with E-state index in [4.69, 9.17) is 21.1 Å². The number of benzene rings is 1. The van der Waals surface area contributed by atoms with Gasteiger partial charge in [-0.15, -0.1) is 11.6 Å². The second kappa shape index (κ2) is 7.95. The van der Waals surface area contributed by atoms with Crippen LogP contribution in [0.25, 0.3) is 0 Å². The predicted molar refractivity (Wildman–Crippen MR) is 72.6 cm³/mol. The Morgan fingerprint density at radius 3 is 2.72 bits per heavy atom. The van der Waals surface area contributed by atoms with Crippen molar-refractivity contribution in [1.82, 2.24) is 0 Å². The number of nitrogens with zero attached hydrogens (tertiary/aromatic N) is 1. The summed E-state index contributed by atoms with van der Waals surface area (Å²) in [6, 6.07) is 7.35. The van der Waals surface area contributed by atoms with Gasteiger partial charge in [0.25, 0.3) is 0 Å². The summed E-state index contributed by atoms with van der Waals surface area (Å²) in [5.74, 6) is 0.415. The molecule has 0 heterocycles. The summed E-state index contributed by atoms with van der Waals surface area (Å²) < 4.78 is 10.5. The molecule has 5 heteroatoms. The van der Waals surface area contributed by atoms with Crippen LogP contribution in [0.5, 0.6) is 5.75 Å². The van der Waals surface area contributed by atoms with Crippen LogP contribution in [0.4, 0.5) is 5.69 Å². The topological polar surface area (TPSA) is 38.8 Å². The van der Waals surface area contributed by atoms with Crippen LogP contribution < -0.4 is 9.64 Å². The molecule has 0 spiro atoms. The second-order valence-electron chi connectivity index (χ2n) is 3.55. The zero-order chi connectivity index (χ0) is 13.4. The lowest BCUT2D eigenvalue weighted by molar-refractivity contribution is -0.116. The molecule has 0 aliphatic heterocycles. The van der Waals surface area contributed by atoms with Crippen molar-refractivity contribution in [2.75, 3.05) is 37.6 Å². The summed E-state index contributed by atoms with van der Waals surface area (Å²) >= 11 is 5.63. The zero-order valence-electron chi connectivity index (χ0n) is 10.7. The number of halogens is 1. The zero-order valence-corrected chi connectivity index (χ0v) is 11.4. The van der Waals surface area contributed by atoms with Crippen molar-refractivity contribution in [3.63, 3.8) is 0 Å². The molecular formula is C13H18ClNO3. The Kier molecular flexibility index (Phi) is 6.54. The first-order valence-electron chi connectivity index (χ1n) is 5.81. The largest absolute Gasteiger partial charge is 0.495 e. The SMILES string of the molecule is CCOCCN(C(=O)CCl)c1ccccc1OC. The number of rotatable bonds is 7. The number of alkyl halides is 1. The third kappa shape index (κ3) is 3.89. The van der Waals surface area contributed by atoms with E-state index in [2.05, 4.69) is 0 Å². The quantitative estimate of drug-likeness (QED) is 0.564. The number of amides is 1. The van der Waals surface area contributed by atoms with Gasteiger partial charge in [-0.25, -0.2) is 0 Å². The van der Waals surface area contributed by atoms with Crippen LogP contribution in [0.15, 0.2) is 24.3 Å². The second-order valence-corrected chi connectivity index (χ2v) is 3.82. The van der Waals surface area contributed by atoms with E-state index in [1.165, 1.54) is 0 Å². The molecule has 0 fully saturated rings. The van der Waals surface area contributed by atoms with Crippen LogP contribution in [0.1, 0.15) is 6.92 Å². The molecular weight excluding hydrogens is 254 g/mol. The molecule has 1 aromatic rings. The Morgan fingerprint density at radius 1 is 1.39 bits per heavy atom. The minimum Gasteiger partial charge on any atom is -0.495 e. The van der Waals surface area contributed by atoms with Crippen LogP contribution in [-0.2, 0) is 9.53 Å². The van der Waals surface area contributed by atoms with Crippen LogP contribution in [0.3, 0.4) is 0 Å². The molecule has 0 unspecified atom stereocenters. The molecule has 0 bridgehead atoms. The Bertz CT molecular complexity index is 384. The van der Waals surface area contributed by atoms with Crippen LogP contribution >= 0.6 is 11.6 Å². The summed E-state index contributed by atoms with van der Waals surface area (Å²) in [6.45, 7) is 3.46. The van der Waals surface area contributed by atoms with Gasteiger partial charge >= 0.3 is 0 Å². The lowest BCUT2D eigenvalue weighted by Gasteiger charge is -2.23. The van der Waals surface area contributed by atoms with E-state index >= 15 is 0 Å². The summed E-state index contributed by atoms with van der Waals surface area (Å²) in [5, 5.41) is 0. The third-order valence-electron chi connectivity index (χ3n) is 2.45. The molecule has 0 radical (unpaired) electrons. The first kappa shape index (κ1) is 14.8. The molecule has 0 atom stereocenters. The van der Waals surface area contributed by atoms with Crippen molar-refractivity contribution in [3.8, 4) is 5.75 Å². The van der Waals surface area contributed by atoms with E-state index in [0.29, 0.717) is 31.2 Å². The third-order valence-corrected chi connectivity index (χ3v) is 2.68. The lowest BCUT2D eigenvalue weighted by atomic mass is 10.2. The fourth-order valence-electron chi connectivity index (χ4n) is 1.60. The van der Waals surface area contributed by atoms with Crippen molar-refractivity contribution in [1.29, 1.82) is 0 Å². The van der Waals surface area contributed by atoms with Gasteiger partial charge in [0.05, 0.1) is 19.4 Å². The van der Waals surface area contributed by atoms with Gasteiger partial charge in [-0.1, -0.05) is 12.1 Å². The Balaban J connectivity index is 2.90. The minimum atomic E-state index is -0.166. The smallest absolute Gasteiger partial charge is 0.242 e. The van der Waals surface area contributed by atoms with Crippen LogP contribution in [0.2, 0.25) is 0 Å². The van der Waals surface area contributed by atoms with Gasteiger partial charge in [0, 0.05) is 13.2 Å². The van der Waals surface area contributed by atoms with Crippen molar-refractivity contribution in [2.24, 2.45) is 0 Å². The molecule has 0 N–H and O–H groups in total. The number of carbonyl (C=O) groups is 1. The standard InChI is InChI=1S/C13H18ClNO3/c1-3-18-9-8-15(13(16)10-14)11-6-4-5-7-12(11)17-2/h4-7H,3,8-10H2,1-2H3. The maximum Gasteiger partial charge on any atom is 0.242 e. The van der Waals surface area contributed by atoms with Gasteiger partial charge in [-0.3, -0.25) is 4.79 Å². The van der Waals surface area contributed by atoms with E-state index < -0.39 is 0 Å². The first-order chi connectivity index (χ1) is 8.74. The molecule has 0 aliphatic carbocycles. The van der Waals surface area contributed by atoms with Gasteiger partial charge in [0.1, 0.15) is 11.6 Å². The maximum atomic E-state index is 11.9. The van der Waals surface area contributed by atoms with Crippen molar-refractivity contribution in [3.05, 3.63) is 24.3 Å². The molecule has 1 rings (SSSR count). The highest BCUT2D eigenvalue weighted by molar-refractivity contribution is 6.29. The average molecular weight is 272 g/mol. The molecule has 0 aromatic heterocycles. The molecule has 100 valence electrons. The Morgan fingerprint density at radius 2 is 2.11 bits per heavy atom. The normalized spacial score (nSPS) is 10.2. The van der Waals surface area contributed by atoms with Crippen LogP contribution in [-0.4, -0.2) is 38.7 Å². The highest BCUT2D eigenvalue weighted by Gasteiger charge is 2.17. The van der Waals surface area contributed by atoms with Crippen molar-refractivity contribution >= 4 is 23.2 Å². The van der Waals surface area contributed by atoms with E-state index in [1.807, 2.05) is 31.2 Å². The number of hydrogen-bond acceptors (Lipinski definition) is 3. The number of hydrogen-bond donors (Lipinski definition) is 0. The summed E-state index contributed by atoms with van der Waals surface area (Å²) in [5.41, 5.74) is 0.713. The first-order valence-corrected chi connectivity index (χ1v) is 6.35. The molecule has 0 saturated carbocycles. The summed E-state index contributed by atoms with van der Waals surface area (Å²) in [6.07, 6.45) is 0. The summed E-state index contributed by atoms with van der Waals surface area (Å²) in [4.78, 5) is 13.4. The molecule has 18 heavy (non-hydrogen) atoms. The number of carbonyl (C=O) groups excluding carboxylic acids is 1. The molecule has 0 aliphatic rings. The van der Waals surface area contributed by atoms with Gasteiger partial charge < -0.3 is 14.4 Å². The fraction of sp³-hybridized carbons (Fsp3) is 0.462. The highest BCUT2D eigenvalue weighted by Crippen LogP contribution is 2.27. The minimum absolute atomic E-state index is 0.0653. The number of para-hydroxylation sites is 2. The molecule has 0 saturated heterocycles. The van der Waals surface area contributed by atoms with Gasteiger partial charge in [-0.05, 0) is 19.1 Å². The van der Waals surface area contributed by atoms with E-state index in [-0.39, 0.29) is 11.8 Å². The Labute approximate surface area is 112 Å². The van der Waals surface area contributed by atoms with Gasteiger partial charge in [0.15, 0.2) is 0 Å². The number of methoxy groups -OCH3 is 1. The van der Waals surface area contributed by atoms with E-state index in [9.17, 15) is 4.79 Å². The van der Waals surface area contributed by atoms with Crippen LogP contribution in [0, 0.1) is 0 Å². The molecule has 4 nitrogen and oxygen atoms in total. The van der Waals surface area contributed by atoms with Gasteiger partial charge in [0.2, 0.25) is 5.91 Å².